The molecule has 2 rings (SSSR count). The van der Waals surface area contributed by atoms with E-state index in [1.807, 2.05) is 6.92 Å². The Balaban J connectivity index is 2.04. The highest BCUT2D eigenvalue weighted by Gasteiger charge is 2.24. The zero-order chi connectivity index (χ0) is 13.0. The van der Waals surface area contributed by atoms with Crippen LogP contribution in [0.15, 0.2) is 6.20 Å². The third-order valence-electron chi connectivity index (χ3n) is 3.34. The van der Waals surface area contributed by atoms with Crippen LogP contribution in [0.5, 0.6) is 5.88 Å². The molecule has 1 aliphatic carbocycles. The van der Waals surface area contributed by atoms with Gasteiger partial charge in [-0.25, -0.2) is 4.98 Å². The molecule has 100 valence electrons. The molecule has 0 aliphatic heterocycles. The van der Waals surface area contributed by atoms with Crippen LogP contribution in [0.1, 0.15) is 31.2 Å². The molecule has 1 aliphatic rings. The molecule has 1 aromatic rings. The summed E-state index contributed by atoms with van der Waals surface area (Å²) in [6.45, 7) is 1.96. The van der Waals surface area contributed by atoms with Gasteiger partial charge in [0.1, 0.15) is 6.10 Å². The van der Waals surface area contributed by atoms with Crippen molar-refractivity contribution in [2.24, 2.45) is 0 Å². The van der Waals surface area contributed by atoms with Gasteiger partial charge in [-0.2, -0.15) is 4.98 Å². The molecule has 0 bridgehead atoms. The van der Waals surface area contributed by atoms with Gasteiger partial charge in [-0.05, 0) is 26.2 Å². The fourth-order valence-corrected chi connectivity index (χ4v) is 2.25. The number of aromatic nitrogens is 2. The Morgan fingerprint density at radius 3 is 2.83 bits per heavy atom. The van der Waals surface area contributed by atoms with E-state index in [1.165, 1.54) is 0 Å². The van der Waals surface area contributed by atoms with Gasteiger partial charge in [0.25, 0.3) is 0 Å². The van der Waals surface area contributed by atoms with Crippen LogP contribution in [0.2, 0.25) is 0 Å². The van der Waals surface area contributed by atoms with Gasteiger partial charge in [0, 0.05) is 32.3 Å². The minimum absolute atomic E-state index is 0.196. The average Bonchev–Trinajstić information content (AvgIpc) is 2.41. The van der Waals surface area contributed by atoms with Gasteiger partial charge in [0.2, 0.25) is 11.8 Å². The number of methoxy groups -OCH3 is 1. The Labute approximate surface area is 108 Å². The van der Waals surface area contributed by atoms with Crippen LogP contribution in [-0.4, -0.2) is 36.3 Å². The molecule has 5 nitrogen and oxygen atoms in total. The summed E-state index contributed by atoms with van der Waals surface area (Å²) < 4.78 is 11.4. The Hall–Kier alpha value is -1.36. The average molecular weight is 251 g/mol. The maximum absolute atomic E-state index is 5.99. The van der Waals surface area contributed by atoms with E-state index in [0.717, 1.165) is 31.2 Å². The lowest BCUT2D eigenvalue weighted by atomic mass is 9.95. The van der Waals surface area contributed by atoms with E-state index >= 15 is 0 Å². The second kappa shape index (κ2) is 6.00. The SMILES string of the molecule is CNc1ncc(C)c(OC2CCCC(OC)C2)n1. The molecule has 2 atom stereocenters. The van der Waals surface area contributed by atoms with E-state index in [1.54, 1.807) is 20.4 Å². The van der Waals surface area contributed by atoms with Crippen LogP contribution in [0.25, 0.3) is 0 Å². The normalized spacial score (nSPS) is 23.7. The second-order valence-corrected chi connectivity index (χ2v) is 4.70. The van der Waals surface area contributed by atoms with Crippen LogP contribution < -0.4 is 10.1 Å². The second-order valence-electron chi connectivity index (χ2n) is 4.70. The molecule has 1 N–H and O–H groups in total. The third-order valence-corrected chi connectivity index (χ3v) is 3.34. The molecule has 0 amide bonds. The predicted octanol–water partition coefficient (Wildman–Crippen LogP) is 2.16. The highest BCUT2D eigenvalue weighted by atomic mass is 16.5. The first-order chi connectivity index (χ1) is 8.72. The third kappa shape index (κ3) is 3.10. The number of ether oxygens (including phenoxy) is 2. The predicted molar refractivity (Wildman–Crippen MR) is 70.0 cm³/mol. The minimum atomic E-state index is 0.196. The number of anilines is 1. The number of hydrogen-bond acceptors (Lipinski definition) is 5. The van der Waals surface area contributed by atoms with Crippen molar-refractivity contribution in [1.29, 1.82) is 0 Å². The van der Waals surface area contributed by atoms with Gasteiger partial charge in [-0.15, -0.1) is 0 Å². The van der Waals surface area contributed by atoms with Crippen molar-refractivity contribution in [3.8, 4) is 5.88 Å². The largest absolute Gasteiger partial charge is 0.474 e. The molecule has 5 heteroatoms. The highest BCUT2D eigenvalue weighted by Crippen LogP contribution is 2.26. The number of rotatable bonds is 4. The summed E-state index contributed by atoms with van der Waals surface area (Å²) in [5.41, 5.74) is 0.966. The summed E-state index contributed by atoms with van der Waals surface area (Å²) >= 11 is 0. The monoisotopic (exact) mass is 251 g/mol. The summed E-state index contributed by atoms with van der Waals surface area (Å²) in [4.78, 5) is 8.51. The van der Waals surface area contributed by atoms with E-state index < -0.39 is 0 Å². The molecule has 1 heterocycles. The van der Waals surface area contributed by atoms with E-state index in [0.29, 0.717) is 17.9 Å². The van der Waals surface area contributed by atoms with Crippen LogP contribution >= 0.6 is 0 Å². The van der Waals surface area contributed by atoms with Crippen molar-refractivity contribution in [3.63, 3.8) is 0 Å². The quantitative estimate of drug-likeness (QED) is 0.888. The molecule has 2 unspecified atom stereocenters. The van der Waals surface area contributed by atoms with E-state index in [4.69, 9.17) is 9.47 Å². The van der Waals surface area contributed by atoms with Crippen molar-refractivity contribution in [2.45, 2.75) is 44.8 Å². The first-order valence-corrected chi connectivity index (χ1v) is 6.43. The fraction of sp³-hybridized carbons (Fsp3) is 0.692. The van der Waals surface area contributed by atoms with Gasteiger partial charge in [-0.3, -0.25) is 0 Å². The summed E-state index contributed by atoms with van der Waals surface area (Å²) in [5, 5.41) is 2.92. The fourth-order valence-electron chi connectivity index (χ4n) is 2.25. The Morgan fingerprint density at radius 1 is 1.33 bits per heavy atom. The van der Waals surface area contributed by atoms with Gasteiger partial charge >= 0.3 is 0 Å². The highest BCUT2D eigenvalue weighted by molar-refractivity contribution is 5.31. The molecule has 0 spiro atoms. The summed E-state index contributed by atoms with van der Waals surface area (Å²) in [6.07, 6.45) is 6.57. The molecule has 0 saturated heterocycles. The molecular formula is C13H21N3O2. The van der Waals surface area contributed by atoms with Crippen LogP contribution in [0.3, 0.4) is 0 Å². The zero-order valence-corrected chi connectivity index (χ0v) is 11.3. The van der Waals surface area contributed by atoms with E-state index in [-0.39, 0.29) is 6.10 Å². The molecule has 0 radical (unpaired) electrons. The molecular weight excluding hydrogens is 230 g/mol. The number of nitrogens with one attached hydrogen (secondary N) is 1. The zero-order valence-electron chi connectivity index (χ0n) is 11.3. The van der Waals surface area contributed by atoms with Crippen molar-refractivity contribution in [3.05, 3.63) is 11.8 Å². The van der Waals surface area contributed by atoms with Crippen LogP contribution in [0.4, 0.5) is 5.95 Å². The maximum atomic E-state index is 5.99. The lowest BCUT2D eigenvalue weighted by Gasteiger charge is -2.28. The molecule has 0 aromatic carbocycles. The van der Waals surface area contributed by atoms with Crippen molar-refractivity contribution < 1.29 is 9.47 Å². The van der Waals surface area contributed by atoms with Crippen LogP contribution in [0, 0.1) is 6.92 Å². The number of hydrogen-bond donors (Lipinski definition) is 1. The van der Waals surface area contributed by atoms with Gasteiger partial charge in [0.05, 0.1) is 6.10 Å². The van der Waals surface area contributed by atoms with Gasteiger partial charge < -0.3 is 14.8 Å². The molecule has 1 aromatic heterocycles. The van der Waals surface area contributed by atoms with E-state index in [9.17, 15) is 0 Å². The maximum Gasteiger partial charge on any atom is 0.225 e. The smallest absolute Gasteiger partial charge is 0.225 e. The van der Waals surface area contributed by atoms with Crippen molar-refractivity contribution >= 4 is 5.95 Å². The summed E-state index contributed by atoms with van der Waals surface area (Å²) in [5.74, 6) is 1.27. The Morgan fingerprint density at radius 2 is 2.11 bits per heavy atom. The molecule has 18 heavy (non-hydrogen) atoms. The van der Waals surface area contributed by atoms with Crippen molar-refractivity contribution in [2.75, 3.05) is 19.5 Å². The minimum Gasteiger partial charge on any atom is -0.474 e. The lowest BCUT2D eigenvalue weighted by molar-refractivity contribution is 0.0193. The van der Waals surface area contributed by atoms with E-state index in [2.05, 4.69) is 15.3 Å². The first-order valence-electron chi connectivity index (χ1n) is 6.43. The van der Waals surface area contributed by atoms with Gasteiger partial charge in [-0.1, -0.05) is 0 Å². The summed E-state index contributed by atoms with van der Waals surface area (Å²) in [6, 6.07) is 0. The first kappa shape index (κ1) is 13.1. The number of aryl methyl sites for hydroxylation is 1. The Kier molecular flexibility index (Phi) is 4.36. The topological polar surface area (TPSA) is 56.3 Å². The standard InChI is InChI=1S/C13H21N3O2/c1-9-8-15-13(14-2)16-12(9)18-11-6-4-5-10(7-11)17-3/h8,10-11H,4-7H2,1-3H3,(H,14,15,16). The van der Waals surface area contributed by atoms with Gasteiger partial charge in [0.15, 0.2) is 0 Å². The van der Waals surface area contributed by atoms with Crippen molar-refractivity contribution in [1.82, 2.24) is 9.97 Å². The Bertz CT molecular complexity index is 398. The van der Waals surface area contributed by atoms with Crippen LogP contribution in [-0.2, 0) is 4.74 Å². The summed E-state index contributed by atoms with van der Waals surface area (Å²) in [7, 11) is 3.57. The number of nitrogens with zero attached hydrogens (tertiary/aromatic N) is 2. The molecule has 1 fully saturated rings. The lowest BCUT2D eigenvalue weighted by Crippen LogP contribution is -2.30. The molecule has 1 saturated carbocycles.